The van der Waals surface area contributed by atoms with E-state index in [1.165, 1.54) is 56.1 Å². The molecule has 1 unspecified atom stereocenters. The fraction of sp³-hybridized carbons (Fsp3) is 0.625. The molecule has 1 aromatic carbocycles. The molecule has 94 valence electrons. The molecule has 0 radical (unpaired) electrons. The first-order valence-electron chi connectivity index (χ1n) is 7.15. The smallest absolute Gasteiger partial charge is 0.0323 e. The monoisotopic (exact) mass is 231 g/mol. The van der Waals surface area contributed by atoms with Gasteiger partial charge >= 0.3 is 0 Å². The van der Waals surface area contributed by atoms with Crippen molar-refractivity contribution in [1.82, 2.24) is 0 Å². The molecule has 0 amide bonds. The van der Waals surface area contributed by atoms with Crippen LogP contribution in [0.15, 0.2) is 24.3 Å². The molecule has 1 fully saturated rings. The predicted molar refractivity (Wildman–Crippen MR) is 73.9 cm³/mol. The summed E-state index contributed by atoms with van der Waals surface area (Å²) < 4.78 is 0. The Morgan fingerprint density at radius 2 is 1.82 bits per heavy atom. The average molecular weight is 231 g/mol. The maximum Gasteiger partial charge on any atom is 0.0323 e. The molecule has 1 heteroatoms. The number of unbranched alkanes of at least 4 members (excludes halogenated alkanes) is 1. The standard InChI is InChI=1S/C16H25N/c1-2-3-6-13-9-11-15(12-10-13)16(17)14-7-4-5-8-14/h9-12,14,16H,2-8,17H2,1H3. The van der Waals surface area contributed by atoms with Gasteiger partial charge in [-0.2, -0.15) is 0 Å². The minimum Gasteiger partial charge on any atom is -0.324 e. The molecule has 1 saturated carbocycles. The van der Waals surface area contributed by atoms with Crippen molar-refractivity contribution in [2.24, 2.45) is 11.7 Å². The van der Waals surface area contributed by atoms with E-state index in [4.69, 9.17) is 5.73 Å². The number of hydrogen-bond donors (Lipinski definition) is 1. The summed E-state index contributed by atoms with van der Waals surface area (Å²) >= 11 is 0. The Morgan fingerprint density at radius 1 is 1.18 bits per heavy atom. The highest BCUT2D eigenvalue weighted by atomic mass is 14.7. The minimum absolute atomic E-state index is 0.262. The van der Waals surface area contributed by atoms with Gasteiger partial charge in [0.15, 0.2) is 0 Å². The third-order valence-corrected chi connectivity index (χ3v) is 4.09. The molecule has 0 aliphatic heterocycles. The summed E-state index contributed by atoms with van der Waals surface area (Å²) in [6, 6.07) is 9.28. The van der Waals surface area contributed by atoms with Crippen LogP contribution in [-0.4, -0.2) is 0 Å². The molecule has 1 atom stereocenters. The zero-order valence-electron chi connectivity index (χ0n) is 11.0. The van der Waals surface area contributed by atoms with Crippen molar-refractivity contribution in [2.45, 2.75) is 57.9 Å². The molecule has 1 nitrogen and oxygen atoms in total. The first-order valence-corrected chi connectivity index (χ1v) is 7.15. The average Bonchev–Trinajstić information content (AvgIpc) is 2.90. The fourth-order valence-electron chi connectivity index (χ4n) is 2.88. The number of rotatable bonds is 5. The van der Waals surface area contributed by atoms with E-state index in [1.54, 1.807) is 0 Å². The lowest BCUT2D eigenvalue weighted by Crippen LogP contribution is -2.18. The van der Waals surface area contributed by atoms with E-state index in [1.807, 2.05) is 0 Å². The van der Waals surface area contributed by atoms with Crippen LogP contribution in [0.1, 0.15) is 62.6 Å². The van der Waals surface area contributed by atoms with Crippen LogP contribution >= 0.6 is 0 Å². The van der Waals surface area contributed by atoms with Gasteiger partial charge in [0.05, 0.1) is 0 Å². The predicted octanol–water partition coefficient (Wildman–Crippen LogP) is 4.22. The highest BCUT2D eigenvalue weighted by molar-refractivity contribution is 5.25. The van der Waals surface area contributed by atoms with Gasteiger partial charge in [-0.25, -0.2) is 0 Å². The summed E-state index contributed by atoms with van der Waals surface area (Å²) in [5.41, 5.74) is 9.13. The Kier molecular flexibility index (Phi) is 4.61. The van der Waals surface area contributed by atoms with Gasteiger partial charge in [-0.05, 0) is 42.7 Å². The number of hydrogen-bond acceptors (Lipinski definition) is 1. The largest absolute Gasteiger partial charge is 0.324 e. The first kappa shape index (κ1) is 12.6. The van der Waals surface area contributed by atoms with Crippen LogP contribution in [0.3, 0.4) is 0 Å². The van der Waals surface area contributed by atoms with E-state index >= 15 is 0 Å². The lowest BCUT2D eigenvalue weighted by molar-refractivity contribution is 0.445. The van der Waals surface area contributed by atoms with Crippen LogP contribution in [0, 0.1) is 5.92 Å². The van der Waals surface area contributed by atoms with Crippen LogP contribution in [-0.2, 0) is 6.42 Å². The molecule has 0 saturated heterocycles. The van der Waals surface area contributed by atoms with E-state index < -0.39 is 0 Å². The van der Waals surface area contributed by atoms with Crippen LogP contribution < -0.4 is 5.73 Å². The second-order valence-corrected chi connectivity index (χ2v) is 5.42. The van der Waals surface area contributed by atoms with Crippen molar-refractivity contribution in [3.05, 3.63) is 35.4 Å². The molecule has 17 heavy (non-hydrogen) atoms. The zero-order valence-corrected chi connectivity index (χ0v) is 11.0. The zero-order chi connectivity index (χ0) is 12.1. The summed E-state index contributed by atoms with van der Waals surface area (Å²) in [6.07, 6.45) is 9.13. The van der Waals surface area contributed by atoms with Crippen LogP contribution in [0.25, 0.3) is 0 Å². The maximum absolute atomic E-state index is 6.35. The number of aryl methyl sites for hydroxylation is 1. The molecule has 0 aromatic heterocycles. The first-order chi connectivity index (χ1) is 8.31. The van der Waals surface area contributed by atoms with Gasteiger partial charge in [-0.3, -0.25) is 0 Å². The van der Waals surface area contributed by atoms with E-state index in [-0.39, 0.29) is 6.04 Å². The third-order valence-electron chi connectivity index (χ3n) is 4.09. The lowest BCUT2D eigenvalue weighted by atomic mass is 9.91. The molecule has 2 rings (SSSR count). The second kappa shape index (κ2) is 6.20. The van der Waals surface area contributed by atoms with E-state index in [9.17, 15) is 0 Å². The van der Waals surface area contributed by atoms with Crippen molar-refractivity contribution in [3.63, 3.8) is 0 Å². The summed E-state index contributed by atoms with van der Waals surface area (Å²) in [5.74, 6) is 0.719. The Morgan fingerprint density at radius 3 is 2.41 bits per heavy atom. The normalized spacial score (nSPS) is 18.5. The van der Waals surface area contributed by atoms with Crippen LogP contribution in [0.2, 0.25) is 0 Å². The van der Waals surface area contributed by atoms with Gasteiger partial charge in [0.2, 0.25) is 0 Å². The molecule has 2 N–H and O–H groups in total. The van der Waals surface area contributed by atoms with Crippen molar-refractivity contribution < 1.29 is 0 Å². The molecular formula is C16H25N. The van der Waals surface area contributed by atoms with Gasteiger partial charge in [0.25, 0.3) is 0 Å². The van der Waals surface area contributed by atoms with Crippen LogP contribution in [0.4, 0.5) is 0 Å². The third kappa shape index (κ3) is 3.32. The second-order valence-electron chi connectivity index (χ2n) is 5.42. The summed E-state index contributed by atoms with van der Waals surface area (Å²) in [7, 11) is 0. The van der Waals surface area contributed by atoms with Crippen molar-refractivity contribution in [3.8, 4) is 0 Å². The van der Waals surface area contributed by atoms with Gasteiger partial charge < -0.3 is 5.73 Å². The van der Waals surface area contributed by atoms with Gasteiger partial charge in [-0.1, -0.05) is 50.5 Å². The molecule has 1 aliphatic carbocycles. The quantitative estimate of drug-likeness (QED) is 0.806. The van der Waals surface area contributed by atoms with Gasteiger partial charge in [0.1, 0.15) is 0 Å². The Balaban J connectivity index is 1.96. The molecule has 0 heterocycles. The van der Waals surface area contributed by atoms with E-state index in [0.717, 1.165) is 5.92 Å². The van der Waals surface area contributed by atoms with Crippen molar-refractivity contribution in [1.29, 1.82) is 0 Å². The highest BCUT2D eigenvalue weighted by Crippen LogP contribution is 2.34. The Bertz CT molecular complexity index is 322. The Labute approximate surface area is 105 Å². The number of benzene rings is 1. The van der Waals surface area contributed by atoms with Crippen molar-refractivity contribution >= 4 is 0 Å². The fourth-order valence-corrected chi connectivity index (χ4v) is 2.88. The molecule has 1 aromatic rings. The van der Waals surface area contributed by atoms with Crippen LogP contribution in [0.5, 0.6) is 0 Å². The summed E-state index contributed by atoms with van der Waals surface area (Å²) in [6.45, 7) is 2.24. The molecule has 0 spiro atoms. The van der Waals surface area contributed by atoms with E-state index in [0.29, 0.717) is 0 Å². The highest BCUT2D eigenvalue weighted by Gasteiger charge is 2.22. The molecule has 1 aliphatic rings. The lowest BCUT2D eigenvalue weighted by Gasteiger charge is -2.19. The topological polar surface area (TPSA) is 26.0 Å². The SMILES string of the molecule is CCCCc1ccc(C(N)C2CCCC2)cc1. The minimum atomic E-state index is 0.262. The van der Waals surface area contributed by atoms with Gasteiger partial charge in [0, 0.05) is 6.04 Å². The maximum atomic E-state index is 6.35. The summed E-state index contributed by atoms with van der Waals surface area (Å²) in [4.78, 5) is 0. The Hall–Kier alpha value is -0.820. The molecular weight excluding hydrogens is 206 g/mol. The molecule has 0 bridgehead atoms. The number of nitrogens with two attached hydrogens (primary N) is 1. The van der Waals surface area contributed by atoms with Gasteiger partial charge in [-0.15, -0.1) is 0 Å². The summed E-state index contributed by atoms with van der Waals surface area (Å²) in [5, 5.41) is 0. The van der Waals surface area contributed by atoms with E-state index in [2.05, 4.69) is 31.2 Å². The van der Waals surface area contributed by atoms with Crippen molar-refractivity contribution in [2.75, 3.05) is 0 Å².